The highest BCUT2D eigenvalue weighted by Gasteiger charge is 2.42. The zero-order valence-electron chi connectivity index (χ0n) is 13.3. The summed E-state index contributed by atoms with van der Waals surface area (Å²) >= 11 is 1.30. The van der Waals surface area contributed by atoms with Gasteiger partial charge in [-0.25, -0.2) is 4.98 Å². The van der Waals surface area contributed by atoms with Gasteiger partial charge in [0, 0.05) is 11.4 Å². The molecule has 0 aromatic carbocycles. The monoisotopic (exact) mass is 330 g/mol. The van der Waals surface area contributed by atoms with Crippen LogP contribution in [0, 0.1) is 31.1 Å². The Bertz CT molecular complexity index is 806. The first-order valence-corrected chi connectivity index (χ1v) is 8.46. The van der Waals surface area contributed by atoms with Crippen molar-refractivity contribution in [2.45, 2.75) is 44.3 Å². The van der Waals surface area contributed by atoms with Gasteiger partial charge in [-0.15, -0.1) is 10.2 Å². The number of hydrogen-bond acceptors (Lipinski definition) is 6. The van der Waals surface area contributed by atoms with E-state index in [9.17, 15) is 10.1 Å². The van der Waals surface area contributed by atoms with Crippen LogP contribution in [0.1, 0.15) is 31.2 Å². The average Bonchev–Trinajstić information content (AvgIpc) is 3.27. The molecule has 2 aromatic heterocycles. The van der Waals surface area contributed by atoms with Crippen LogP contribution in [-0.4, -0.2) is 36.8 Å². The zero-order valence-corrected chi connectivity index (χ0v) is 14.1. The van der Waals surface area contributed by atoms with E-state index in [0.717, 1.165) is 24.2 Å². The van der Waals surface area contributed by atoms with Gasteiger partial charge in [0.25, 0.3) is 5.78 Å². The maximum Gasteiger partial charge on any atom is 0.256 e. The molecule has 0 spiro atoms. The molecule has 23 heavy (non-hydrogen) atoms. The zero-order chi connectivity index (χ0) is 16.6. The Kier molecular flexibility index (Phi) is 3.98. The fraction of sp³-hybridized carbons (Fsp3) is 0.533. The number of aryl methyl sites for hydroxylation is 2. The summed E-state index contributed by atoms with van der Waals surface area (Å²) in [5.41, 5.74) is 1.09. The second kappa shape index (κ2) is 5.81. The van der Waals surface area contributed by atoms with Crippen LogP contribution >= 0.6 is 11.8 Å². The summed E-state index contributed by atoms with van der Waals surface area (Å²) < 4.78 is 1.83. The van der Waals surface area contributed by atoms with E-state index in [1.165, 1.54) is 11.8 Å². The number of rotatable bonds is 5. The molecule has 7 nitrogen and oxygen atoms in total. The summed E-state index contributed by atoms with van der Waals surface area (Å²) in [5, 5.41) is 20.9. The van der Waals surface area contributed by atoms with Crippen molar-refractivity contribution in [3.05, 3.63) is 17.5 Å². The van der Waals surface area contributed by atoms with Crippen molar-refractivity contribution in [3.8, 4) is 6.07 Å². The van der Waals surface area contributed by atoms with Crippen molar-refractivity contribution >= 4 is 23.4 Å². The molecule has 0 bridgehead atoms. The Hall–Kier alpha value is -2.14. The Morgan fingerprint density at radius 3 is 2.91 bits per heavy atom. The highest BCUT2D eigenvalue weighted by molar-refractivity contribution is 7.99. The van der Waals surface area contributed by atoms with Gasteiger partial charge in [-0.05, 0) is 45.6 Å². The number of aromatic nitrogens is 4. The third-order valence-electron chi connectivity index (χ3n) is 4.02. The molecule has 1 atom stereocenters. The molecule has 1 amide bonds. The molecule has 0 saturated heterocycles. The lowest BCUT2D eigenvalue weighted by Gasteiger charge is -2.22. The fourth-order valence-corrected chi connectivity index (χ4v) is 3.42. The number of amides is 1. The van der Waals surface area contributed by atoms with Gasteiger partial charge >= 0.3 is 0 Å². The van der Waals surface area contributed by atoms with Crippen LogP contribution in [0.3, 0.4) is 0 Å². The van der Waals surface area contributed by atoms with Crippen molar-refractivity contribution in [1.82, 2.24) is 24.9 Å². The van der Waals surface area contributed by atoms with E-state index in [2.05, 4.69) is 26.6 Å². The summed E-state index contributed by atoms with van der Waals surface area (Å²) in [6, 6.07) is 4.17. The van der Waals surface area contributed by atoms with Crippen LogP contribution in [0.15, 0.2) is 11.2 Å². The summed E-state index contributed by atoms with van der Waals surface area (Å²) in [6.45, 7) is 5.65. The predicted octanol–water partition coefficient (Wildman–Crippen LogP) is 1.64. The van der Waals surface area contributed by atoms with Crippen LogP contribution in [0.4, 0.5) is 0 Å². The maximum atomic E-state index is 12.2. The molecule has 1 aliphatic carbocycles. The molecule has 1 aliphatic rings. The predicted molar refractivity (Wildman–Crippen MR) is 85.9 cm³/mol. The second-order valence-electron chi connectivity index (χ2n) is 6.08. The van der Waals surface area contributed by atoms with E-state index in [0.29, 0.717) is 10.9 Å². The Balaban J connectivity index is 1.69. The Morgan fingerprint density at radius 2 is 2.26 bits per heavy atom. The number of nitriles is 1. The first-order chi connectivity index (χ1) is 10.9. The molecule has 2 aromatic rings. The summed E-state index contributed by atoms with van der Waals surface area (Å²) in [5.74, 6) is 0.827. The molecule has 2 heterocycles. The standard InChI is InChI=1S/C15H18N6OS/c1-9-6-10(2)21-13(17-9)19-20-14(21)23-7-12(22)18-15(3,8-16)11-4-5-11/h6,11H,4-5,7H2,1-3H3,(H,18,22)/t15-/m1/s1. The Morgan fingerprint density at radius 1 is 1.52 bits per heavy atom. The van der Waals surface area contributed by atoms with E-state index >= 15 is 0 Å². The highest BCUT2D eigenvalue weighted by Crippen LogP contribution is 2.39. The average molecular weight is 330 g/mol. The summed E-state index contributed by atoms with van der Waals surface area (Å²) in [4.78, 5) is 16.5. The van der Waals surface area contributed by atoms with Crippen LogP contribution in [-0.2, 0) is 4.79 Å². The second-order valence-corrected chi connectivity index (χ2v) is 7.02. The number of fused-ring (bicyclic) bond motifs is 1. The lowest BCUT2D eigenvalue weighted by Crippen LogP contribution is -2.47. The van der Waals surface area contributed by atoms with E-state index in [4.69, 9.17) is 0 Å². The van der Waals surface area contributed by atoms with Crippen LogP contribution in [0.25, 0.3) is 5.78 Å². The normalized spacial score (nSPS) is 16.8. The third-order valence-corrected chi connectivity index (χ3v) is 4.95. The van der Waals surface area contributed by atoms with Gasteiger partial charge in [-0.3, -0.25) is 9.20 Å². The summed E-state index contributed by atoms with van der Waals surface area (Å²) in [7, 11) is 0. The van der Waals surface area contributed by atoms with Crippen LogP contribution in [0.5, 0.6) is 0 Å². The van der Waals surface area contributed by atoms with E-state index in [1.807, 2.05) is 24.3 Å². The van der Waals surface area contributed by atoms with Gasteiger partial charge < -0.3 is 5.32 Å². The largest absolute Gasteiger partial charge is 0.337 e. The first kappa shape index (κ1) is 15.7. The molecule has 0 aliphatic heterocycles. The Labute approximate surface area is 138 Å². The van der Waals surface area contributed by atoms with E-state index < -0.39 is 5.54 Å². The molecule has 120 valence electrons. The number of nitrogens with one attached hydrogen (secondary N) is 1. The number of nitrogens with zero attached hydrogens (tertiary/aromatic N) is 5. The fourth-order valence-electron chi connectivity index (χ4n) is 2.63. The highest BCUT2D eigenvalue weighted by atomic mass is 32.2. The molecular formula is C15H18N6OS. The topological polar surface area (TPSA) is 96.0 Å². The van der Waals surface area contributed by atoms with Crippen LogP contribution < -0.4 is 5.32 Å². The van der Waals surface area contributed by atoms with Crippen LogP contribution in [0.2, 0.25) is 0 Å². The SMILES string of the molecule is Cc1cc(C)n2c(SCC(=O)N[C@](C)(C#N)C3CC3)nnc2n1. The number of carbonyl (C=O) groups is 1. The molecule has 8 heteroatoms. The number of hydrogen-bond donors (Lipinski definition) is 1. The lowest BCUT2D eigenvalue weighted by atomic mass is 9.98. The van der Waals surface area contributed by atoms with Crippen molar-refractivity contribution in [2.24, 2.45) is 5.92 Å². The quantitative estimate of drug-likeness (QED) is 0.837. The van der Waals surface area contributed by atoms with Crippen molar-refractivity contribution in [2.75, 3.05) is 5.75 Å². The lowest BCUT2D eigenvalue weighted by molar-refractivity contribution is -0.119. The number of carbonyl (C=O) groups excluding carboxylic acids is 1. The minimum absolute atomic E-state index is 0.166. The molecule has 0 radical (unpaired) electrons. The van der Waals surface area contributed by atoms with E-state index in [1.54, 1.807) is 6.92 Å². The van der Waals surface area contributed by atoms with Crippen molar-refractivity contribution in [1.29, 1.82) is 5.26 Å². The molecule has 3 rings (SSSR count). The van der Waals surface area contributed by atoms with Gasteiger partial charge in [-0.2, -0.15) is 5.26 Å². The van der Waals surface area contributed by atoms with Crippen molar-refractivity contribution < 1.29 is 4.79 Å². The van der Waals surface area contributed by atoms with Gasteiger partial charge in [0.2, 0.25) is 5.91 Å². The minimum Gasteiger partial charge on any atom is -0.337 e. The van der Waals surface area contributed by atoms with Crippen molar-refractivity contribution in [3.63, 3.8) is 0 Å². The first-order valence-electron chi connectivity index (χ1n) is 7.47. The minimum atomic E-state index is -0.765. The third kappa shape index (κ3) is 3.15. The molecule has 0 unspecified atom stereocenters. The number of thioether (sulfide) groups is 1. The maximum absolute atomic E-state index is 12.2. The molecular weight excluding hydrogens is 312 g/mol. The molecule has 1 N–H and O–H groups in total. The van der Waals surface area contributed by atoms with Gasteiger partial charge in [0.1, 0.15) is 5.54 Å². The van der Waals surface area contributed by atoms with Gasteiger partial charge in [0.05, 0.1) is 11.8 Å². The molecule has 1 saturated carbocycles. The van der Waals surface area contributed by atoms with Gasteiger partial charge in [0.15, 0.2) is 5.16 Å². The summed E-state index contributed by atoms with van der Waals surface area (Å²) in [6.07, 6.45) is 1.99. The molecule has 1 fully saturated rings. The van der Waals surface area contributed by atoms with Gasteiger partial charge in [-0.1, -0.05) is 11.8 Å². The van der Waals surface area contributed by atoms with E-state index in [-0.39, 0.29) is 17.6 Å². The smallest absolute Gasteiger partial charge is 0.256 e.